The fourth-order valence-corrected chi connectivity index (χ4v) is 4.88. The lowest BCUT2D eigenvalue weighted by atomic mass is 9.93. The molecule has 1 aliphatic heterocycles. The van der Waals surface area contributed by atoms with Crippen molar-refractivity contribution in [3.8, 4) is 17.9 Å². The van der Waals surface area contributed by atoms with Gasteiger partial charge in [0.05, 0.1) is 25.4 Å². The number of hydrogen-bond donors (Lipinski definition) is 2. The molecule has 7 heteroatoms. The summed E-state index contributed by atoms with van der Waals surface area (Å²) in [7, 11) is 0. The van der Waals surface area contributed by atoms with E-state index in [0.29, 0.717) is 12.4 Å². The highest BCUT2D eigenvalue weighted by molar-refractivity contribution is 5.95. The summed E-state index contributed by atoms with van der Waals surface area (Å²) in [6.07, 6.45) is 0. The first-order valence-corrected chi connectivity index (χ1v) is 10.3. The zero-order chi connectivity index (χ0) is 22.1. The Hall–Kier alpha value is -3.39. The molecule has 0 amide bonds. The van der Waals surface area contributed by atoms with Gasteiger partial charge in [0.1, 0.15) is 12.4 Å². The summed E-state index contributed by atoms with van der Waals surface area (Å²) in [6.45, 7) is 4.62. The standard InChI is InChI=1S/C24H24N4O3/c1-3-30-24(31-4-2)23(16-26)20(22(23,15-25)21(27)28-24)18-11-8-12-19(13-18)29-14-17-9-6-5-7-10-17/h5-13,20H,3-4,14H2,1-2H3,(H2,27,28)/p+1/t20-,22+,23+/m0/s1. The van der Waals surface area contributed by atoms with Crippen LogP contribution in [-0.4, -0.2) is 25.0 Å². The maximum absolute atomic E-state index is 10.3. The summed E-state index contributed by atoms with van der Waals surface area (Å²) in [5.74, 6) is -1.16. The molecule has 31 heavy (non-hydrogen) atoms. The van der Waals surface area contributed by atoms with Crippen LogP contribution in [0.4, 0.5) is 0 Å². The molecule has 0 bridgehead atoms. The molecule has 0 radical (unpaired) electrons. The quantitative estimate of drug-likeness (QED) is 0.630. The average Bonchev–Trinajstić information content (AvgIpc) is 3.38. The Kier molecular flexibility index (Phi) is 5.18. The SMILES string of the molecule is CCOC1(OCC)[NH+]=C(N)[C@@]2(C#N)[C@H](c3cccc(OCc4ccccc4)c3)[C@@]12C#N. The van der Waals surface area contributed by atoms with E-state index in [1.165, 1.54) is 0 Å². The first kappa shape index (κ1) is 20.9. The molecule has 1 aliphatic carbocycles. The molecular formula is C24H25N4O3+. The lowest BCUT2D eigenvalue weighted by Crippen LogP contribution is -2.91. The Morgan fingerprint density at radius 3 is 2.32 bits per heavy atom. The number of rotatable bonds is 8. The third-order valence-corrected chi connectivity index (χ3v) is 6.14. The Balaban J connectivity index is 1.71. The number of nitrogens with zero attached hydrogens (tertiary/aromatic N) is 2. The molecule has 1 saturated carbocycles. The van der Waals surface area contributed by atoms with Gasteiger partial charge in [0.2, 0.25) is 0 Å². The third-order valence-electron chi connectivity index (χ3n) is 6.14. The summed E-state index contributed by atoms with van der Waals surface area (Å²) in [6, 6.07) is 22.0. The molecule has 3 atom stereocenters. The Labute approximate surface area is 181 Å². The highest BCUT2D eigenvalue weighted by Crippen LogP contribution is 2.78. The van der Waals surface area contributed by atoms with Gasteiger partial charge in [-0.1, -0.05) is 42.5 Å². The van der Waals surface area contributed by atoms with E-state index in [-0.39, 0.29) is 19.0 Å². The summed E-state index contributed by atoms with van der Waals surface area (Å²) in [5, 5.41) is 20.5. The van der Waals surface area contributed by atoms with Crippen LogP contribution in [0.15, 0.2) is 54.6 Å². The molecule has 0 spiro atoms. The van der Waals surface area contributed by atoms with Crippen molar-refractivity contribution in [3.05, 3.63) is 65.7 Å². The van der Waals surface area contributed by atoms with Gasteiger partial charge >= 0.3 is 5.91 Å². The molecule has 4 rings (SSSR count). The van der Waals surface area contributed by atoms with E-state index < -0.39 is 22.7 Å². The molecule has 0 saturated heterocycles. The van der Waals surface area contributed by atoms with E-state index >= 15 is 0 Å². The molecule has 0 aromatic heterocycles. The van der Waals surface area contributed by atoms with Crippen LogP contribution < -0.4 is 15.5 Å². The summed E-state index contributed by atoms with van der Waals surface area (Å²) in [5.41, 5.74) is 5.55. The van der Waals surface area contributed by atoms with Crippen molar-refractivity contribution >= 4 is 5.84 Å². The third kappa shape index (κ3) is 2.75. The van der Waals surface area contributed by atoms with Crippen molar-refractivity contribution in [2.24, 2.45) is 16.6 Å². The van der Waals surface area contributed by atoms with Crippen molar-refractivity contribution < 1.29 is 19.2 Å². The number of hydrogen-bond acceptors (Lipinski definition) is 6. The van der Waals surface area contributed by atoms with Crippen molar-refractivity contribution in [2.75, 3.05) is 13.2 Å². The van der Waals surface area contributed by atoms with Crippen LogP contribution in [-0.2, 0) is 16.1 Å². The van der Waals surface area contributed by atoms with Gasteiger partial charge in [0, 0.05) is 5.92 Å². The van der Waals surface area contributed by atoms with Crippen LogP contribution in [0.3, 0.4) is 0 Å². The summed E-state index contributed by atoms with van der Waals surface area (Å²) < 4.78 is 17.8. The minimum absolute atomic E-state index is 0.194. The second kappa shape index (κ2) is 7.70. The number of nitrogens with one attached hydrogen (secondary N) is 1. The fourth-order valence-electron chi connectivity index (χ4n) is 4.88. The molecule has 158 valence electrons. The van der Waals surface area contributed by atoms with E-state index in [2.05, 4.69) is 17.1 Å². The monoisotopic (exact) mass is 417 g/mol. The average molecular weight is 417 g/mol. The summed E-state index contributed by atoms with van der Waals surface area (Å²) in [4.78, 5) is 2.99. The number of nitriles is 2. The van der Waals surface area contributed by atoms with Crippen LogP contribution in [0.2, 0.25) is 0 Å². The fraction of sp³-hybridized carbons (Fsp3) is 0.375. The van der Waals surface area contributed by atoms with Gasteiger partial charge in [-0.2, -0.15) is 10.5 Å². The molecule has 3 N–H and O–H groups in total. The van der Waals surface area contributed by atoms with E-state index in [1.807, 2.05) is 68.4 Å². The molecule has 2 aromatic rings. The second-order valence-electron chi connectivity index (χ2n) is 7.64. The maximum atomic E-state index is 10.3. The smallest absolute Gasteiger partial charge is 0.343 e. The van der Waals surface area contributed by atoms with Gasteiger partial charge in [-0.3, -0.25) is 5.73 Å². The normalized spacial score (nSPS) is 27.5. The van der Waals surface area contributed by atoms with E-state index in [0.717, 1.165) is 11.1 Å². The molecule has 1 fully saturated rings. The Morgan fingerprint density at radius 2 is 1.71 bits per heavy atom. The zero-order valence-electron chi connectivity index (χ0n) is 17.6. The van der Waals surface area contributed by atoms with Gasteiger partial charge in [0.15, 0.2) is 10.8 Å². The molecule has 2 aliphatic rings. The number of ether oxygens (including phenoxy) is 3. The minimum Gasteiger partial charge on any atom is -0.489 e. The van der Waals surface area contributed by atoms with E-state index in [4.69, 9.17) is 19.9 Å². The predicted molar refractivity (Wildman–Crippen MR) is 112 cm³/mol. The number of nitrogens with two attached hydrogens (primary N) is 1. The van der Waals surface area contributed by atoms with Crippen LogP contribution in [0.25, 0.3) is 0 Å². The van der Waals surface area contributed by atoms with Crippen LogP contribution in [0.1, 0.15) is 30.9 Å². The zero-order valence-corrected chi connectivity index (χ0v) is 17.6. The van der Waals surface area contributed by atoms with Crippen LogP contribution in [0, 0.1) is 33.5 Å². The van der Waals surface area contributed by atoms with Crippen LogP contribution in [0.5, 0.6) is 5.75 Å². The minimum atomic E-state index is -1.49. The van der Waals surface area contributed by atoms with Crippen molar-refractivity contribution in [2.45, 2.75) is 32.3 Å². The highest BCUT2D eigenvalue weighted by Gasteiger charge is 2.97. The van der Waals surface area contributed by atoms with E-state index in [1.54, 1.807) is 0 Å². The van der Waals surface area contributed by atoms with Crippen molar-refractivity contribution in [1.29, 1.82) is 10.5 Å². The second-order valence-corrected chi connectivity index (χ2v) is 7.64. The lowest BCUT2D eigenvalue weighted by Gasteiger charge is -2.29. The van der Waals surface area contributed by atoms with Crippen molar-refractivity contribution in [3.63, 3.8) is 0 Å². The van der Waals surface area contributed by atoms with Gasteiger partial charge in [-0.05, 0) is 37.1 Å². The van der Waals surface area contributed by atoms with Gasteiger partial charge in [0.25, 0.3) is 5.84 Å². The maximum Gasteiger partial charge on any atom is 0.343 e. The topological polar surface area (TPSA) is 115 Å². The highest BCUT2D eigenvalue weighted by atomic mass is 16.7. The van der Waals surface area contributed by atoms with E-state index in [9.17, 15) is 10.5 Å². The number of benzene rings is 2. The first-order chi connectivity index (χ1) is 15.0. The number of amidine groups is 1. The molecule has 1 heterocycles. The molecule has 2 aromatic carbocycles. The molecule has 0 unspecified atom stereocenters. The van der Waals surface area contributed by atoms with Gasteiger partial charge in [-0.25, -0.2) is 4.99 Å². The molecular weight excluding hydrogens is 392 g/mol. The predicted octanol–water partition coefficient (Wildman–Crippen LogP) is 1.56. The van der Waals surface area contributed by atoms with Gasteiger partial charge < -0.3 is 14.2 Å². The lowest BCUT2D eigenvalue weighted by molar-refractivity contribution is -0.693. The van der Waals surface area contributed by atoms with Crippen molar-refractivity contribution in [1.82, 2.24) is 0 Å². The Bertz CT molecular complexity index is 1080. The first-order valence-electron chi connectivity index (χ1n) is 10.3. The Morgan fingerprint density at radius 1 is 1.00 bits per heavy atom. The molecule has 7 nitrogen and oxygen atoms in total. The van der Waals surface area contributed by atoms with Gasteiger partial charge in [-0.15, -0.1) is 0 Å². The van der Waals surface area contributed by atoms with Crippen LogP contribution >= 0.6 is 0 Å². The number of fused-ring (bicyclic) bond motifs is 1. The summed E-state index contributed by atoms with van der Waals surface area (Å²) >= 11 is 0. The largest absolute Gasteiger partial charge is 0.489 e.